The van der Waals surface area contributed by atoms with Crippen LogP contribution >= 0.6 is 0 Å². The van der Waals surface area contributed by atoms with Crippen molar-refractivity contribution in [2.75, 3.05) is 0 Å². The van der Waals surface area contributed by atoms with Crippen LogP contribution in [0.3, 0.4) is 0 Å². The van der Waals surface area contributed by atoms with Crippen molar-refractivity contribution in [1.82, 2.24) is 0 Å². The van der Waals surface area contributed by atoms with Crippen molar-refractivity contribution in [3.63, 3.8) is 0 Å². The normalized spacial score (nSPS) is 19.7. The predicted molar refractivity (Wildman–Crippen MR) is 90.7 cm³/mol. The summed E-state index contributed by atoms with van der Waals surface area (Å²) in [5.41, 5.74) is 2.45. The van der Waals surface area contributed by atoms with Crippen LogP contribution < -0.4 is 4.74 Å². The van der Waals surface area contributed by atoms with Gasteiger partial charge in [0.25, 0.3) is 0 Å². The number of ether oxygens (including phenoxy) is 1. The standard InChI is InChI=1S/C21H18O2/c22-19-12-6-5-11-18(19)21(17-9-2-1-3-10-17)15-14-16-8-4-7-13-20(16)23-21/h1-13,22H,14-15H2. The molecule has 2 nitrogen and oxygen atoms in total. The molecule has 0 fully saturated rings. The van der Waals surface area contributed by atoms with E-state index in [2.05, 4.69) is 18.2 Å². The summed E-state index contributed by atoms with van der Waals surface area (Å²) in [6.07, 6.45) is 1.71. The van der Waals surface area contributed by atoms with E-state index in [4.69, 9.17) is 4.74 Å². The Kier molecular flexibility index (Phi) is 3.30. The van der Waals surface area contributed by atoms with E-state index in [1.807, 2.05) is 54.6 Å². The van der Waals surface area contributed by atoms with Gasteiger partial charge in [0.1, 0.15) is 11.5 Å². The van der Waals surface area contributed by atoms with Gasteiger partial charge in [0, 0.05) is 17.5 Å². The quantitative estimate of drug-likeness (QED) is 0.746. The van der Waals surface area contributed by atoms with Crippen molar-refractivity contribution < 1.29 is 9.84 Å². The molecule has 0 spiro atoms. The second-order valence-corrected chi connectivity index (χ2v) is 5.92. The molecule has 1 N–H and O–H groups in total. The topological polar surface area (TPSA) is 29.5 Å². The lowest BCUT2D eigenvalue weighted by Crippen LogP contribution is -2.38. The maximum atomic E-state index is 10.5. The second kappa shape index (κ2) is 5.47. The van der Waals surface area contributed by atoms with Crippen LogP contribution in [0.4, 0.5) is 0 Å². The van der Waals surface area contributed by atoms with E-state index in [-0.39, 0.29) is 5.75 Å². The largest absolute Gasteiger partial charge is 0.508 e. The molecule has 1 heterocycles. The highest BCUT2D eigenvalue weighted by Crippen LogP contribution is 2.46. The van der Waals surface area contributed by atoms with Crippen LogP contribution in [0.2, 0.25) is 0 Å². The van der Waals surface area contributed by atoms with Gasteiger partial charge in [0.15, 0.2) is 5.60 Å². The highest BCUT2D eigenvalue weighted by atomic mass is 16.5. The number of hydrogen-bond donors (Lipinski definition) is 1. The number of phenols is 1. The maximum absolute atomic E-state index is 10.5. The lowest BCUT2D eigenvalue weighted by Gasteiger charge is -2.40. The first kappa shape index (κ1) is 13.9. The fourth-order valence-electron chi connectivity index (χ4n) is 3.43. The zero-order valence-electron chi connectivity index (χ0n) is 12.8. The van der Waals surface area contributed by atoms with Gasteiger partial charge in [-0.25, -0.2) is 0 Å². The van der Waals surface area contributed by atoms with Gasteiger partial charge in [-0.2, -0.15) is 0 Å². The molecule has 0 bridgehead atoms. The summed E-state index contributed by atoms with van der Waals surface area (Å²) >= 11 is 0. The highest BCUT2D eigenvalue weighted by Gasteiger charge is 2.41. The zero-order valence-corrected chi connectivity index (χ0v) is 12.8. The van der Waals surface area contributed by atoms with Gasteiger partial charge in [-0.05, 0) is 24.1 Å². The molecule has 2 heteroatoms. The lowest BCUT2D eigenvalue weighted by molar-refractivity contribution is 0.0823. The van der Waals surface area contributed by atoms with Gasteiger partial charge in [-0.15, -0.1) is 0 Å². The molecule has 4 rings (SSSR count). The first-order valence-electron chi connectivity index (χ1n) is 7.90. The number of hydrogen-bond acceptors (Lipinski definition) is 2. The van der Waals surface area contributed by atoms with E-state index in [0.29, 0.717) is 0 Å². The van der Waals surface area contributed by atoms with Crippen LogP contribution in [0.25, 0.3) is 0 Å². The Bertz CT molecular complexity index is 826. The molecule has 0 aliphatic carbocycles. The molecule has 0 radical (unpaired) electrons. The Morgan fingerprint density at radius 2 is 1.48 bits per heavy atom. The van der Waals surface area contributed by atoms with E-state index in [9.17, 15) is 5.11 Å². The van der Waals surface area contributed by atoms with Crippen molar-refractivity contribution >= 4 is 0 Å². The second-order valence-electron chi connectivity index (χ2n) is 5.92. The van der Waals surface area contributed by atoms with Crippen LogP contribution in [-0.4, -0.2) is 5.11 Å². The van der Waals surface area contributed by atoms with E-state index in [1.165, 1.54) is 5.56 Å². The van der Waals surface area contributed by atoms with Crippen molar-refractivity contribution in [3.8, 4) is 11.5 Å². The van der Waals surface area contributed by atoms with Crippen molar-refractivity contribution in [1.29, 1.82) is 0 Å². The molecule has 0 saturated heterocycles. The summed E-state index contributed by atoms with van der Waals surface area (Å²) in [4.78, 5) is 0. The fourth-order valence-corrected chi connectivity index (χ4v) is 3.43. The van der Waals surface area contributed by atoms with E-state index < -0.39 is 5.60 Å². The number of phenolic OH excluding ortho intramolecular Hbond substituents is 1. The number of fused-ring (bicyclic) bond motifs is 1. The zero-order chi connectivity index (χ0) is 15.7. The molecule has 1 atom stereocenters. The predicted octanol–water partition coefficient (Wildman–Crippen LogP) is 4.66. The molecular formula is C21H18O2. The van der Waals surface area contributed by atoms with Gasteiger partial charge in [0.05, 0.1) is 0 Å². The van der Waals surface area contributed by atoms with E-state index in [1.54, 1.807) is 6.07 Å². The minimum Gasteiger partial charge on any atom is -0.508 e. The van der Waals surface area contributed by atoms with E-state index in [0.717, 1.165) is 29.7 Å². The SMILES string of the molecule is Oc1ccccc1C1(c2ccccc2)CCc2ccccc2O1. The molecule has 3 aromatic carbocycles. The van der Waals surface area contributed by atoms with Gasteiger partial charge in [-0.1, -0.05) is 66.7 Å². The molecule has 1 aliphatic rings. The van der Waals surface area contributed by atoms with Crippen molar-refractivity contribution in [2.45, 2.75) is 18.4 Å². The third kappa shape index (κ3) is 2.27. The summed E-state index contributed by atoms with van der Waals surface area (Å²) in [7, 11) is 0. The Morgan fingerprint density at radius 1 is 0.783 bits per heavy atom. The van der Waals surface area contributed by atoms with Crippen LogP contribution in [0, 0.1) is 0 Å². The summed E-state index contributed by atoms with van der Waals surface area (Å²) in [6.45, 7) is 0. The third-order valence-corrected chi connectivity index (χ3v) is 4.58. The number of para-hydroxylation sites is 2. The first-order chi connectivity index (χ1) is 11.3. The Labute approximate surface area is 136 Å². The van der Waals surface area contributed by atoms with E-state index >= 15 is 0 Å². The minimum atomic E-state index is -0.652. The summed E-state index contributed by atoms with van der Waals surface area (Å²) in [5, 5.41) is 10.5. The van der Waals surface area contributed by atoms with Crippen LogP contribution in [-0.2, 0) is 12.0 Å². The first-order valence-corrected chi connectivity index (χ1v) is 7.90. The average Bonchev–Trinajstić information content (AvgIpc) is 2.62. The Balaban J connectivity index is 1.92. The average molecular weight is 302 g/mol. The van der Waals surface area contributed by atoms with Crippen LogP contribution in [0.1, 0.15) is 23.1 Å². The van der Waals surface area contributed by atoms with Crippen molar-refractivity contribution in [2.24, 2.45) is 0 Å². The monoisotopic (exact) mass is 302 g/mol. The Morgan fingerprint density at radius 3 is 2.30 bits per heavy atom. The molecule has 1 aliphatic heterocycles. The van der Waals surface area contributed by atoms with Crippen LogP contribution in [0.5, 0.6) is 11.5 Å². The Hall–Kier alpha value is -2.74. The summed E-state index contributed by atoms with van der Waals surface area (Å²) in [5.74, 6) is 1.17. The molecule has 23 heavy (non-hydrogen) atoms. The fraction of sp³-hybridized carbons (Fsp3) is 0.143. The molecule has 0 aromatic heterocycles. The molecule has 114 valence electrons. The maximum Gasteiger partial charge on any atom is 0.163 e. The number of aromatic hydroxyl groups is 1. The summed E-state index contributed by atoms with van der Waals surface area (Å²) in [6, 6.07) is 25.8. The highest BCUT2D eigenvalue weighted by molar-refractivity contribution is 5.48. The van der Waals surface area contributed by atoms with Crippen LogP contribution in [0.15, 0.2) is 78.9 Å². The molecule has 0 amide bonds. The smallest absolute Gasteiger partial charge is 0.163 e. The van der Waals surface area contributed by atoms with Gasteiger partial charge < -0.3 is 9.84 Å². The molecule has 1 unspecified atom stereocenters. The lowest BCUT2D eigenvalue weighted by atomic mass is 9.79. The minimum absolute atomic E-state index is 0.274. The third-order valence-electron chi connectivity index (χ3n) is 4.58. The number of aryl methyl sites for hydroxylation is 1. The number of benzene rings is 3. The number of rotatable bonds is 2. The molecular weight excluding hydrogens is 284 g/mol. The van der Waals surface area contributed by atoms with Gasteiger partial charge in [0.2, 0.25) is 0 Å². The van der Waals surface area contributed by atoms with Gasteiger partial charge >= 0.3 is 0 Å². The summed E-state index contributed by atoms with van der Waals surface area (Å²) < 4.78 is 6.51. The van der Waals surface area contributed by atoms with Crippen molar-refractivity contribution in [3.05, 3.63) is 95.6 Å². The molecule has 3 aromatic rings. The molecule has 0 saturated carbocycles. The van der Waals surface area contributed by atoms with Gasteiger partial charge in [-0.3, -0.25) is 0 Å².